The van der Waals surface area contributed by atoms with Crippen molar-refractivity contribution in [1.29, 1.82) is 5.26 Å². The van der Waals surface area contributed by atoms with Crippen molar-refractivity contribution in [1.82, 2.24) is 14.8 Å². The van der Waals surface area contributed by atoms with Crippen LogP contribution in [0.5, 0.6) is 5.75 Å². The molecule has 0 atom stereocenters. The second kappa shape index (κ2) is 5.54. The number of carbonyl (C=O) groups is 1. The van der Waals surface area contributed by atoms with Crippen molar-refractivity contribution in [3.05, 3.63) is 52.8 Å². The zero-order chi connectivity index (χ0) is 16.6. The summed E-state index contributed by atoms with van der Waals surface area (Å²) < 4.78 is 7.06. The molecule has 6 nitrogen and oxygen atoms in total. The van der Waals surface area contributed by atoms with Gasteiger partial charge < -0.3 is 4.74 Å². The van der Waals surface area contributed by atoms with Gasteiger partial charge in [-0.15, -0.1) is 0 Å². The molecule has 0 bridgehead atoms. The number of aromatic nitrogens is 3. The number of rotatable bonds is 2. The van der Waals surface area contributed by atoms with Crippen LogP contribution in [-0.4, -0.2) is 20.7 Å². The standard InChI is InChI=1S/C17H14N4O2/c1-10-8-14(15-11(2)20-21(3)16(15)19-10)17(22)23-13-6-4-12(9-18)5-7-13/h4-8H,1-3H3. The topological polar surface area (TPSA) is 80.8 Å². The number of carbonyl (C=O) groups excluding carboxylic acids is 1. The molecule has 0 unspecified atom stereocenters. The van der Waals surface area contributed by atoms with E-state index in [9.17, 15) is 4.79 Å². The summed E-state index contributed by atoms with van der Waals surface area (Å²) in [5.41, 5.74) is 3.03. The van der Waals surface area contributed by atoms with Crippen molar-refractivity contribution < 1.29 is 9.53 Å². The fourth-order valence-corrected chi connectivity index (χ4v) is 2.49. The van der Waals surface area contributed by atoms with Crippen molar-refractivity contribution in [3.8, 4) is 11.8 Å². The van der Waals surface area contributed by atoms with Gasteiger partial charge in [-0.25, -0.2) is 9.78 Å². The minimum Gasteiger partial charge on any atom is -0.423 e. The van der Waals surface area contributed by atoms with Gasteiger partial charge in [0.15, 0.2) is 5.65 Å². The molecule has 0 aliphatic rings. The molecule has 23 heavy (non-hydrogen) atoms. The number of esters is 1. The Morgan fingerprint density at radius 1 is 1.26 bits per heavy atom. The highest BCUT2D eigenvalue weighted by molar-refractivity contribution is 6.04. The highest BCUT2D eigenvalue weighted by atomic mass is 16.5. The number of benzene rings is 1. The lowest BCUT2D eigenvalue weighted by Gasteiger charge is -2.07. The van der Waals surface area contributed by atoms with E-state index >= 15 is 0 Å². The van der Waals surface area contributed by atoms with Gasteiger partial charge >= 0.3 is 5.97 Å². The highest BCUT2D eigenvalue weighted by Gasteiger charge is 2.19. The summed E-state index contributed by atoms with van der Waals surface area (Å²) in [6.45, 7) is 3.65. The van der Waals surface area contributed by atoms with E-state index in [0.29, 0.717) is 33.6 Å². The van der Waals surface area contributed by atoms with Crippen LogP contribution in [0.25, 0.3) is 11.0 Å². The molecule has 114 valence electrons. The third-order valence-electron chi connectivity index (χ3n) is 3.51. The summed E-state index contributed by atoms with van der Waals surface area (Å²) in [7, 11) is 1.79. The molecule has 1 aromatic carbocycles. The SMILES string of the molecule is Cc1cc(C(=O)Oc2ccc(C#N)cc2)c2c(C)nn(C)c2n1. The normalized spacial score (nSPS) is 10.5. The molecule has 0 fully saturated rings. The Balaban J connectivity index is 2.02. The first-order valence-electron chi connectivity index (χ1n) is 7.03. The van der Waals surface area contributed by atoms with E-state index in [1.807, 2.05) is 19.9 Å². The van der Waals surface area contributed by atoms with Gasteiger partial charge in [0.1, 0.15) is 5.75 Å². The largest absolute Gasteiger partial charge is 0.423 e. The summed E-state index contributed by atoms with van der Waals surface area (Å²) in [5, 5.41) is 13.8. The number of fused-ring (bicyclic) bond motifs is 1. The first-order valence-corrected chi connectivity index (χ1v) is 7.03. The summed E-state index contributed by atoms with van der Waals surface area (Å²) in [4.78, 5) is 17.0. The van der Waals surface area contributed by atoms with Crippen LogP contribution in [0.15, 0.2) is 30.3 Å². The van der Waals surface area contributed by atoms with Crippen molar-refractivity contribution in [3.63, 3.8) is 0 Å². The van der Waals surface area contributed by atoms with Crippen LogP contribution in [0.4, 0.5) is 0 Å². The number of pyridine rings is 1. The molecule has 0 spiro atoms. The fourth-order valence-electron chi connectivity index (χ4n) is 2.49. The van der Waals surface area contributed by atoms with Crippen molar-refractivity contribution in [2.45, 2.75) is 13.8 Å². The van der Waals surface area contributed by atoms with Gasteiger partial charge in [-0.05, 0) is 44.2 Å². The molecule has 2 aromatic heterocycles. The molecular weight excluding hydrogens is 292 g/mol. The van der Waals surface area contributed by atoms with E-state index in [1.54, 1.807) is 42.1 Å². The summed E-state index contributed by atoms with van der Waals surface area (Å²) in [6, 6.07) is 10.1. The average molecular weight is 306 g/mol. The Labute approximate surface area is 132 Å². The van der Waals surface area contributed by atoms with E-state index < -0.39 is 5.97 Å². The van der Waals surface area contributed by atoms with Crippen LogP contribution in [0.1, 0.15) is 27.3 Å². The maximum absolute atomic E-state index is 12.5. The molecule has 3 rings (SSSR count). The minimum absolute atomic E-state index is 0.387. The maximum atomic E-state index is 12.5. The van der Waals surface area contributed by atoms with Gasteiger partial charge in [0.25, 0.3) is 0 Å². The van der Waals surface area contributed by atoms with E-state index in [0.717, 1.165) is 5.69 Å². The molecule has 0 saturated heterocycles. The first-order chi connectivity index (χ1) is 11.0. The maximum Gasteiger partial charge on any atom is 0.344 e. The average Bonchev–Trinajstić information content (AvgIpc) is 2.81. The van der Waals surface area contributed by atoms with Gasteiger partial charge in [0, 0.05) is 12.7 Å². The smallest absolute Gasteiger partial charge is 0.344 e. The Hall–Kier alpha value is -3.20. The van der Waals surface area contributed by atoms with Crippen LogP contribution in [-0.2, 0) is 7.05 Å². The predicted octanol–water partition coefficient (Wildman–Crippen LogP) is 2.68. The van der Waals surface area contributed by atoms with Gasteiger partial charge in [-0.2, -0.15) is 10.4 Å². The molecule has 0 amide bonds. The number of aryl methyl sites for hydroxylation is 3. The first kappa shape index (κ1) is 14.7. The molecule has 0 saturated carbocycles. The van der Waals surface area contributed by atoms with Crippen molar-refractivity contribution >= 4 is 17.0 Å². The number of hydrogen-bond acceptors (Lipinski definition) is 5. The molecule has 2 heterocycles. The molecule has 0 radical (unpaired) electrons. The second-order valence-corrected chi connectivity index (χ2v) is 5.24. The van der Waals surface area contributed by atoms with Gasteiger partial charge in [-0.1, -0.05) is 0 Å². The zero-order valence-corrected chi connectivity index (χ0v) is 13.0. The Kier molecular flexibility index (Phi) is 3.54. The van der Waals surface area contributed by atoms with Crippen LogP contribution in [0.3, 0.4) is 0 Å². The quantitative estimate of drug-likeness (QED) is 0.537. The van der Waals surface area contributed by atoms with E-state index in [1.165, 1.54) is 0 Å². The monoisotopic (exact) mass is 306 g/mol. The van der Waals surface area contributed by atoms with Crippen LogP contribution >= 0.6 is 0 Å². The van der Waals surface area contributed by atoms with Crippen LogP contribution in [0.2, 0.25) is 0 Å². The van der Waals surface area contributed by atoms with E-state index in [2.05, 4.69) is 10.1 Å². The molecule has 0 N–H and O–H groups in total. The molecule has 0 aliphatic carbocycles. The predicted molar refractivity (Wildman–Crippen MR) is 84.1 cm³/mol. The highest BCUT2D eigenvalue weighted by Crippen LogP contribution is 2.23. The lowest BCUT2D eigenvalue weighted by Crippen LogP contribution is -2.10. The van der Waals surface area contributed by atoms with E-state index in [-0.39, 0.29) is 0 Å². The third-order valence-corrected chi connectivity index (χ3v) is 3.51. The number of nitrogens with zero attached hydrogens (tertiary/aromatic N) is 4. The second-order valence-electron chi connectivity index (χ2n) is 5.24. The minimum atomic E-state index is -0.471. The van der Waals surface area contributed by atoms with Crippen LogP contribution < -0.4 is 4.74 Å². The summed E-state index contributed by atoms with van der Waals surface area (Å²) >= 11 is 0. The van der Waals surface area contributed by atoms with Gasteiger partial charge in [-0.3, -0.25) is 4.68 Å². The summed E-state index contributed by atoms with van der Waals surface area (Å²) in [5.74, 6) is -0.0838. The fraction of sp³-hybridized carbons (Fsp3) is 0.176. The van der Waals surface area contributed by atoms with Gasteiger partial charge in [0.2, 0.25) is 0 Å². The molecule has 6 heteroatoms. The van der Waals surface area contributed by atoms with Gasteiger partial charge in [0.05, 0.1) is 28.3 Å². The van der Waals surface area contributed by atoms with Crippen molar-refractivity contribution in [2.75, 3.05) is 0 Å². The Morgan fingerprint density at radius 3 is 2.61 bits per heavy atom. The van der Waals surface area contributed by atoms with Crippen LogP contribution in [0, 0.1) is 25.2 Å². The summed E-state index contributed by atoms with van der Waals surface area (Å²) in [6.07, 6.45) is 0. The molecule has 3 aromatic rings. The molecule has 0 aliphatic heterocycles. The number of hydrogen-bond donors (Lipinski definition) is 0. The number of ether oxygens (including phenoxy) is 1. The Morgan fingerprint density at radius 2 is 1.96 bits per heavy atom. The lowest BCUT2D eigenvalue weighted by molar-refractivity contribution is 0.0736. The number of nitriles is 1. The molecular formula is C17H14N4O2. The zero-order valence-electron chi connectivity index (χ0n) is 13.0. The lowest BCUT2D eigenvalue weighted by atomic mass is 10.1. The Bertz CT molecular complexity index is 949. The van der Waals surface area contributed by atoms with E-state index in [4.69, 9.17) is 10.00 Å². The third kappa shape index (κ3) is 2.64. The van der Waals surface area contributed by atoms with Crippen molar-refractivity contribution in [2.24, 2.45) is 7.05 Å².